The van der Waals surface area contributed by atoms with Gasteiger partial charge in [-0.1, -0.05) is 79.3 Å². The first kappa shape index (κ1) is 55.9. The summed E-state index contributed by atoms with van der Waals surface area (Å²) in [4.78, 5) is 9.56. The Hall–Kier alpha value is -1.90. The van der Waals surface area contributed by atoms with Crippen LogP contribution in [0.2, 0.25) is 0 Å². The summed E-state index contributed by atoms with van der Waals surface area (Å²) in [6.45, 7) is 6.98. The molecule has 4 aliphatic heterocycles. The Bertz CT molecular complexity index is 1220. The molecule has 0 aliphatic carbocycles. The summed E-state index contributed by atoms with van der Waals surface area (Å²) < 4.78 is 118. The van der Waals surface area contributed by atoms with E-state index in [4.69, 9.17) is 5.73 Å². The summed E-state index contributed by atoms with van der Waals surface area (Å²) in [7, 11) is -21.2. The van der Waals surface area contributed by atoms with Gasteiger partial charge in [0.1, 0.15) is 0 Å². The maximum Gasteiger partial charge on any atom is 2.00 e. The second-order valence-corrected chi connectivity index (χ2v) is 16.3. The summed E-state index contributed by atoms with van der Waals surface area (Å²) in [5, 5.41) is 26.3. The fraction of sp³-hybridized carbons (Fsp3) is 0.222. The first-order valence-corrected chi connectivity index (χ1v) is 20.3. The monoisotopic (exact) mass is 905 g/mol. The van der Waals surface area contributed by atoms with Crippen molar-refractivity contribution in [1.29, 1.82) is 0 Å². The molecule has 0 fully saturated rings. The Kier molecular flexibility index (Phi) is 24.5. The van der Waals surface area contributed by atoms with Crippen LogP contribution in [0.15, 0.2) is 121 Å². The van der Waals surface area contributed by atoms with Crippen LogP contribution >= 0.6 is 23.5 Å². The first-order chi connectivity index (χ1) is 21.8. The fourth-order valence-electron chi connectivity index (χ4n) is 2.29. The molecule has 4 aliphatic rings. The number of nitrogens with one attached hydrogen (secondary N) is 1. The van der Waals surface area contributed by atoms with E-state index in [1.54, 1.807) is 24.8 Å². The second-order valence-electron chi connectivity index (χ2n) is 9.50. The van der Waals surface area contributed by atoms with Gasteiger partial charge in [-0.25, -0.2) is 0 Å². The minimum atomic E-state index is -10.7. The van der Waals surface area contributed by atoms with E-state index in [2.05, 4.69) is 41.3 Å². The number of carboxylic acid groups (broad SMARTS) is 1. The van der Waals surface area contributed by atoms with Crippen LogP contribution in [0.4, 0.5) is 50.4 Å². The van der Waals surface area contributed by atoms with Crippen molar-refractivity contribution in [3.63, 3.8) is 0 Å². The van der Waals surface area contributed by atoms with Crippen molar-refractivity contribution in [1.82, 2.24) is 0 Å². The van der Waals surface area contributed by atoms with Crippen LogP contribution in [0.1, 0.15) is 12.8 Å². The van der Waals surface area contributed by atoms with E-state index in [9.17, 15) is 60.3 Å². The van der Waals surface area contributed by atoms with E-state index in [0.29, 0.717) is 6.42 Å². The standard InChI is InChI=1S/2C10H8N2.C4H8NO2.C3H9P.2F6P.Na.Ru/c2*1-3-7-11-9(5-1)10-6-2-4-8-12-10;5-3-1-2-4(6)7;1-4(2)3;2*1-7(2,3,4,5)6;;/h2*1-8H;5H,1-3H2,(H,6,7);1-3H3;;;;/q2*-2;-1;;2*-1;+1;+2. The van der Waals surface area contributed by atoms with Gasteiger partial charge in [0.25, 0.3) is 0 Å². The Morgan fingerprint density at radius 2 is 0.784 bits per heavy atom. The molecule has 7 nitrogen and oxygen atoms in total. The van der Waals surface area contributed by atoms with Gasteiger partial charge in [-0.15, -0.1) is 0 Å². The zero-order chi connectivity index (χ0) is 38.5. The quantitative estimate of drug-likeness (QED) is 0.159. The van der Waals surface area contributed by atoms with Crippen LogP contribution in [0.3, 0.4) is 0 Å². The van der Waals surface area contributed by atoms with E-state index < -0.39 is 21.6 Å². The second kappa shape index (κ2) is 22.4. The first-order valence-electron chi connectivity index (χ1n) is 13.2. The number of rotatable bonds is 3. The number of carbonyl (C=O) groups is 1. The van der Waals surface area contributed by atoms with Gasteiger partial charge in [-0.2, -0.15) is 54.1 Å². The summed E-state index contributed by atoms with van der Waals surface area (Å²) >= 11 is 0. The summed E-state index contributed by atoms with van der Waals surface area (Å²) in [5.41, 5.74) is 10.2. The van der Waals surface area contributed by atoms with Crippen molar-refractivity contribution >= 4 is 29.5 Å². The van der Waals surface area contributed by atoms with Gasteiger partial charge in [0, 0.05) is 26.0 Å². The zero-order valence-corrected chi connectivity index (χ0v) is 33.8. The Morgan fingerprint density at radius 3 is 0.882 bits per heavy atom. The number of aliphatic carboxylic acids is 1. The van der Waals surface area contributed by atoms with Crippen molar-refractivity contribution in [2.24, 2.45) is 0 Å². The van der Waals surface area contributed by atoms with Crippen LogP contribution in [0, 0.1) is 0 Å². The summed E-state index contributed by atoms with van der Waals surface area (Å²) in [6, 6.07) is 0. The minimum Gasteiger partial charge on any atom is -0.677 e. The van der Waals surface area contributed by atoms with Crippen molar-refractivity contribution < 1.29 is 109 Å². The topological polar surface area (TPSA) is 120 Å². The molecule has 0 atom stereocenters. The van der Waals surface area contributed by atoms with Crippen molar-refractivity contribution in [3.05, 3.63) is 148 Å². The molecule has 0 bridgehead atoms. The molecule has 51 heavy (non-hydrogen) atoms. The molecule has 0 amide bonds. The van der Waals surface area contributed by atoms with Crippen LogP contribution in [0.25, 0.3) is 27.0 Å². The summed E-state index contributed by atoms with van der Waals surface area (Å²) in [6.07, 6.45) is 30.7. The molecule has 0 aromatic heterocycles. The Labute approximate surface area is 324 Å². The number of halogens is 12. The molecule has 4 heterocycles. The van der Waals surface area contributed by atoms with E-state index in [-0.39, 0.29) is 69.9 Å². The third-order valence-corrected chi connectivity index (χ3v) is 3.74. The molecule has 290 valence electrons. The molecule has 0 radical (unpaired) electrons. The summed E-state index contributed by atoms with van der Waals surface area (Å²) in [5.74, 6) is -1.06. The molecule has 1 N–H and O–H groups in total. The third-order valence-electron chi connectivity index (χ3n) is 3.74. The molecule has 0 unspecified atom stereocenters. The van der Waals surface area contributed by atoms with Gasteiger partial charge in [0.05, 0.1) is 0 Å². The van der Waals surface area contributed by atoms with Gasteiger partial charge in [-0.05, 0) is 14.3 Å². The average molecular weight is 905 g/mol. The van der Waals surface area contributed by atoms with Crippen LogP contribution in [-0.2, 0) is 24.3 Å². The molecule has 4 rings (SSSR count). The van der Waals surface area contributed by atoms with E-state index in [0.717, 1.165) is 22.8 Å². The number of allylic oxidation sites excluding steroid dienone is 12. The SMILES string of the molecule is C1=C[N-]C(=C2C=CC=C[N-]2)C=C1.C1=C[N-]C(=C2C=CC=C[N-]2)C=C1.C[PH+](C)C.F[P-](F)(F)(F)(F)F.F[P-](F)(F)(F)(F)F.[NH-]CCCC(=O)[O-].[Na+].[Ru+2]. The third kappa shape index (κ3) is 57.7. The largest absolute Gasteiger partial charge is 2.00 e. The fourth-order valence-corrected chi connectivity index (χ4v) is 2.29. The number of carboxylic acids is 1. The van der Waals surface area contributed by atoms with Crippen molar-refractivity contribution in [2.75, 3.05) is 26.5 Å². The number of hydrogen-bond donors (Lipinski definition) is 0. The van der Waals surface area contributed by atoms with Crippen LogP contribution in [-0.4, -0.2) is 32.5 Å². The van der Waals surface area contributed by atoms with Crippen molar-refractivity contribution in [2.45, 2.75) is 12.8 Å². The number of nitrogens with zero attached hydrogens (tertiary/aromatic N) is 4. The zero-order valence-electron chi connectivity index (χ0n) is 27.2. The number of carbonyl (C=O) groups excluding carboxylic acids is 1. The average Bonchev–Trinajstić information content (AvgIpc) is 2.95. The Morgan fingerprint density at radius 1 is 0.588 bits per heavy atom. The van der Waals surface area contributed by atoms with Crippen LogP contribution in [0.5, 0.6) is 0 Å². The predicted octanol–water partition coefficient (Wildman–Crippen LogP) is 10.6. The number of hydrogen-bond acceptors (Lipinski definition) is 2. The molecular formula is C27H33F12N5NaO2P3Ru-4. The molecule has 24 heteroatoms. The van der Waals surface area contributed by atoms with E-state index in [1.807, 2.05) is 72.9 Å². The molecule has 0 aromatic carbocycles. The van der Waals surface area contributed by atoms with E-state index >= 15 is 0 Å². The van der Waals surface area contributed by atoms with Gasteiger partial charge in [0.15, 0.2) is 0 Å². The Balaban J connectivity index is -0.000000268. The maximum absolute atomic E-state index is 10.7. The van der Waals surface area contributed by atoms with Gasteiger partial charge < -0.3 is 36.9 Å². The van der Waals surface area contributed by atoms with Crippen LogP contribution < -0.4 is 34.7 Å². The van der Waals surface area contributed by atoms with E-state index in [1.165, 1.54) is 0 Å². The van der Waals surface area contributed by atoms with Crippen molar-refractivity contribution in [3.8, 4) is 0 Å². The molecule has 0 saturated heterocycles. The molecule has 0 saturated carbocycles. The predicted molar refractivity (Wildman–Crippen MR) is 177 cm³/mol. The molecule has 0 aromatic rings. The molecule has 0 spiro atoms. The van der Waals surface area contributed by atoms with Gasteiger partial charge in [0.2, 0.25) is 0 Å². The molecular weight excluding hydrogens is 871 g/mol. The maximum atomic E-state index is 9.87. The smallest absolute Gasteiger partial charge is 0.677 e. The van der Waals surface area contributed by atoms with Gasteiger partial charge in [-0.3, -0.25) is 0 Å². The van der Waals surface area contributed by atoms with Gasteiger partial charge >= 0.3 is 115 Å². The normalized spacial score (nSPS) is 20.2. The minimum absolute atomic E-state index is 0.